The van der Waals surface area contributed by atoms with Crippen LogP contribution in [0.2, 0.25) is 0 Å². The highest BCUT2D eigenvalue weighted by atomic mass is 16.5. The van der Waals surface area contributed by atoms with E-state index in [0.29, 0.717) is 17.9 Å². The third-order valence-electron chi connectivity index (χ3n) is 4.28. The SMILES string of the molecule is COc1ccc(C(=O)CN2CCC(C(C)(C)C)C2)cc1. The van der Waals surface area contributed by atoms with Crippen LogP contribution in [0.1, 0.15) is 37.6 Å². The first kappa shape index (κ1) is 15.0. The van der Waals surface area contributed by atoms with Gasteiger partial charge >= 0.3 is 0 Å². The Morgan fingerprint density at radius 1 is 1.30 bits per heavy atom. The zero-order valence-corrected chi connectivity index (χ0v) is 13.0. The van der Waals surface area contributed by atoms with Crippen molar-refractivity contribution in [1.82, 2.24) is 4.90 Å². The molecule has 1 aromatic rings. The molecular formula is C17H25NO2. The van der Waals surface area contributed by atoms with E-state index < -0.39 is 0 Å². The summed E-state index contributed by atoms with van der Waals surface area (Å²) in [5.41, 5.74) is 1.10. The van der Waals surface area contributed by atoms with E-state index in [0.717, 1.165) is 24.4 Å². The summed E-state index contributed by atoms with van der Waals surface area (Å²) in [5, 5.41) is 0. The first-order valence-corrected chi connectivity index (χ1v) is 7.30. The fourth-order valence-electron chi connectivity index (χ4n) is 2.75. The minimum absolute atomic E-state index is 0.196. The van der Waals surface area contributed by atoms with Gasteiger partial charge in [0.1, 0.15) is 5.75 Å². The normalized spacial score (nSPS) is 20.1. The zero-order chi connectivity index (χ0) is 14.8. The standard InChI is InChI=1S/C17H25NO2/c1-17(2,3)14-9-10-18(11-14)12-16(19)13-5-7-15(20-4)8-6-13/h5-8,14H,9-12H2,1-4H3. The van der Waals surface area contributed by atoms with Gasteiger partial charge in [0.15, 0.2) is 5.78 Å². The maximum atomic E-state index is 12.3. The molecule has 1 saturated heterocycles. The Morgan fingerprint density at radius 2 is 1.95 bits per heavy atom. The third kappa shape index (κ3) is 3.60. The average Bonchev–Trinajstić information content (AvgIpc) is 2.87. The molecule has 1 fully saturated rings. The lowest BCUT2D eigenvalue weighted by Gasteiger charge is -2.27. The number of benzene rings is 1. The van der Waals surface area contributed by atoms with Crippen LogP contribution < -0.4 is 4.74 Å². The quantitative estimate of drug-likeness (QED) is 0.790. The maximum Gasteiger partial charge on any atom is 0.176 e. The van der Waals surface area contributed by atoms with Gasteiger partial charge < -0.3 is 4.74 Å². The Labute approximate surface area is 121 Å². The van der Waals surface area contributed by atoms with E-state index in [1.807, 2.05) is 24.3 Å². The van der Waals surface area contributed by atoms with Crippen molar-refractivity contribution < 1.29 is 9.53 Å². The van der Waals surface area contributed by atoms with Gasteiger partial charge in [-0.05, 0) is 48.6 Å². The topological polar surface area (TPSA) is 29.5 Å². The Balaban J connectivity index is 1.92. The van der Waals surface area contributed by atoms with Crippen molar-refractivity contribution in [3.63, 3.8) is 0 Å². The number of likely N-dealkylation sites (tertiary alicyclic amines) is 1. The number of carbonyl (C=O) groups is 1. The lowest BCUT2D eigenvalue weighted by molar-refractivity contribution is 0.0938. The Kier molecular flexibility index (Phi) is 4.48. The highest BCUT2D eigenvalue weighted by molar-refractivity contribution is 5.97. The molecule has 0 spiro atoms. The molecular weight excluding hydrogens is 250 g/mol. The first-order valence-electron chi connectivity index (χ1n) is 7.30. The molecule has 110 valence electrons. The monoisotopic (exact) mass is 275 g/mol. The van der Waals surface area contributed by atoms with Crippen molar-refractivity contribution in [2.24, 2.45) is 11.3 Å². The Bertz CT molecular complexity index is 459. The van der Waals surface area contributed by atoms with Crippen LogP contribution in [0, 0.1) is 11.3 Å². The predicted octanol–water partition coefficient (Wildman–Crippen LogP) is 3.25. The van der Waals surface area contributed by atoms with Crippen LogP contribution in [0.15, 0.2) is 24.3 Å². The number of ether oxygens (including phenoxy) is 1. The molecule has 0 bridgehead atoms. The molecule has 0 radical (unpaired) electrons. The van der Waals surface area contributed by atoms with Crippen molar-refractivity contribution in [3.8, 4) is 5.75 Å². The molecule has 3 nitrogen and oxygen atoms in total. The number of hydrogen-bond acceptors (Lipinski definition) is 3. The predicted molar refractivity (Wildman–Crippen MR) is 81.3 cm³/mol. The third-order valence-corrected chi connectivity index (χ3v) is 4.28. The molecule has 1 aromatic carbocycles. The number of ketones is 1. The summed E-state index contributed by atoms with van der Waals surface area (Å²) < 4.78 is 5.11. The summed E-state index contributed by atoms with van der Waals surface area (Å²) in [6.45, 7) is 9.44. The summed E-state index contributed by atoms with van der Waals surface area (Å²) in [6, 6.07) is 7.38. The summed E-state index contributed by atoms with van der Waals surface area (Å²) in [7, 11) is 1.63. The van der Waals surface area contributed by atoms with Crippen LogP contribution in [-0.4, -0.2) is 37.4 Å². The second-order valence-corrected chi connectivity index (χ2v) is 6.74. The minimum atomic E-state index is 0.196. The van der Waals surface area contributed by atoms with Crippen LogP contribution in [0.4, 0.5) is 0 Å². The van der Waals surface area contributed by atoms with Gasteiger partial charge in [-0.1, -0.05) is 20.8 Å². The van der Waals surface area contributed by atoms with E-state index >= 15 is 0 Å². The van der Waals surface area contributed by atoms with Crippen molar-refractivity contribution in [1.29, 1.82) is 0 Å². The molecule has 1 aliphatic rings. The molecule has 0 amide bonds. The highest BCUT2D eigenvalue weighted by Crippen LogP contribution is 2.33. The van der Waals surface area contributed by atoms with Gasteiger partial charge in [-0.2, -0.15) is 0 Å². The molecule has 1 unspecified atom stereocenters. The zero-order valence-electron chi connectivity index (χ0n) is 13.0. The average molecular weight is 275 g/mol. The molecule has 1 aliphatic heterocycles. The minimum Gasteiger partial charge on any atom is -0.497 e. The Hall–Kier alpha value is -1.35. The summed E-state index contributed by atoms with van der Waals surface area (Å²) >= 11 is 0. The van der Waals surface area contributed by atoms with Crippen molar-refractivity contribution in [2.45, 2.75) is 27.2 Å². The molecule has 0 saturated carbocycles. The van der Waals surface area contributed by atoms with Gasteiger partial charge in [-0.15, -0.1) is 0 Å². The van der Waals surface area contributed by atoms with E-state index in [1.165, 1.54) is 6.42 Å². The van der Waals surface area contributed by atoms with Crippen molar-refractivity contribution in [2.75, 3.05) is 26.7 Å². The number of rotatable bonds is 4. The van der Waals surface area contributed by atoms with E-state index in [1.54, 1.807) is 7.11 Å². The fraction of sp³-hybridized carbons (Fsp3) is 0.588. The van der Waals surface area contributed by atoms with E-state index in [-0.39, 0.29) is 5.78 Å². The second-order valence-electron chi connectivity index (χ2n) is 6.74. The number of Topliss-reactive ketones (excluding diaryl/α,β-unsaturated/α-hetero) is 1. The van der Waals surface area contributed by atoms with E-state index in [9.17, 15) is 4.79 Å². The van der Waals surface area contributed by atoms with Gasteiger partial charge in [-0.3, -0.25) is 9.69 Å². The van der Waals surface area contributed by atoms with Crippen LogP contribution >= 0.6 is 0 Å². The van der Waals surface area contributed by atoms with Gasteiger partial charge in [0.05, 0.1) is 13.7 Å². The number of methoxy groups -OCH3 is 1. The smallest absolute Gasteiger partial charge is 0.176 e. The summed E-state index contributed by atoms with van der Waals surface area (Å²) in [6.07, 6.45) is 1.19. The molecule has 3 heteroatoms. The lowest BCUT2D eigenvalue weighted by Crippen LogP contribution is -2.30. The van der Waals surface area contributed by atoms with Gasteiger partial charge in [-0.25, -0.2) is 0 Å². The highest BCUT2D eigenvalue weighted by Gasteiger charge is 2.32. The molecule has 20 heavy (non-hydrogen) atoms. The number of hydrogen-bond donors (Lipinski definition) is 0. The molecule has 2 rings (SSSR count). The van der Waals surface area contributed by atoms with Crippen molar-refractivity contribution in [3.05, 3.63) is 29.8 Å². The first-order chi connectivity index (χ1) is 9.40. The summed E-state index contributed by atoms with van der Waals surface area (Å²) in [4.78, 5) is 14.6. The second kappa shape index (κ2) is 5.96. The Morgan fingerprint density at radius 3 is 2.45 bits per heavy atom. The molecule has 1 atom stereocenters. The largest absolute Gasteiger partial charge is 0.497 e. The molecule has 0 aliphatic carbocycles. The number of carbonyl (C=O) groups excluding carboxylic acids is 1. The van der Waals surface area contributed by atoms with Gasteiger partial charge in [0.25, 0.3) is 0 Å². The van der Waals surface area contributed by atoms with Gasteiger partial charge in [0.2, 0.25) is 0 Å². The van der Waals surface area contributed by atoms with Crippen LogP contribution in [0.3, 0.4) is 0 Å². The van der Waals surface area contributed by atoms with Crippen LogP contribution in [-0.2, 0) is 0 Å². The molecule has 1 heterocycles. The number of nitrogens with zero attached hydrogens (tertiary/aromatic N) is 1. The van der Waals surface area contributed by atoms with E-state index in [2.05, 4.69) is 25.7 Å². The lowest BCUT2D eigenvalue weighted by atomic mass is 9.80. The van der Waals surface area contributed by atoms with Crippen LogP contribution in [0.5, 0.6) is 5.75 Å². The fourth-order valence-corrected chi connectivity index (χ4v) is 2.75. The summed E-state index contributed by atoms with van der Waals surface area (Å²) in [5.74, 6) is 1.67. The van der Waals surface area contributed by atoms with Gasteiger partial charge in [0, 0.05) is 12.1 Å². The van der Waals surface area contributed by atoms with Crippen LogP contribution in [0.25, 0.3) is 0 Å². The van der Waals surface area contributed by atoms with E-state index in [4.69, 9.17) is 4.74 Å². The molecule has 0 N–H and O–H groups in total. The maximum absolute atomic E-state index is 12.3. The molecule has 0 aromatic heterocycles. The van der Waals surface area contributed by atoms with Crippen molar-refractivity contribution >= 4 is 5.78 Å².